The molecule has 1 aromatic rings. The third-order valence-corrected chi connectivity index (χ3v) is 3.83. The molecule has 1 heterocycles. The highest BCUT2D eigenvalue weighted by Crippen LogP contribution is 2.33. The lowest BCUT2D eigenvalue weighted by Crippen LogP contribution is -2.35. The third-order valence-electron chi connectivity index (χ3n) is 3.83. The van der Waals surface area contributed by atoms with Crippen molar-refractivity contribution in [3.8, 4) is 11.5 Å². The molecule has 0 spiro atoms. The minimum Gasteiger partial charge on any atom is -0.493 e. The van der Waals surface area contributed by atoms with Gasteiger partial charge in [0.25, 0.3) is 0 Å². The molecule has 1 saturated heterocycles. The third kappa shape index (κ3) is 4.36. The Morgan fingerprint density at radius 1 is 1.38 bits per heavy atom. The van der Waals surface area contributed by atoms with Crippen molar-refractivity contribution in [3.05, 3.63) is 23.8 Å². The number of aryl methyl sites for hydroxylation is 1. The molecule has 2 rings (SSSR count). The maximum atomic E-state index is 10.7. The number of ether oxygens (including phenoxy) is 2. The number of carboxylic acid groups (broad SMARTS) is 1. The van der Waals surface area contributed by atoms with Crippen molar-refractivity contribution >= 4 is 5.97 Å². The highest BCUT2D eigenvalue weighted by Gasteiger charge is 2.20. The number of nitrogens with zero attached hydrogens (tertiary/aromatic N) is 1. The van der Waals surface area contributed by atoms with Gasteiger partial charge < -0.3 is 19.5 Å². The lowest BCUT2D eigenvalue weighted by Gasteiger charge is -2.30. The normalized spacial score (nSPS) is 16.7. The van der Waals surface area contributed by atoms with Gasteiger partial charge in [-0.25, -0.2) is 0 Å². The molecule has 0 bridgehead atoms. The van der Waals surface area contributed by atoms with Crippen LogP contribution in [0.15, 0.2) is 18.2 Å². The number of piperidine rings is 1. The molecule has 1 aliphatic heterocycles. The molecule has 0 aromatic heterocycles. The summed E-state index contributed by atoms with van der Waals surface area (Å²) in [7, 11) is 3.71. The monoisotopic (exact) mass is 293 g/mol. The van der Waals surface area contributed by atoms with Crippen molar-refractivity contribution in [1.82, 2.24) is 4.90 Å². The zero-order valence-electron chi connectivity index (χ0n) is 12.7. The van der Waals surface area contributed by atoms with Crippen LogP contribution in [0.2, 0.25) is 0 Å². The van der Waals surface area contributed by atoms with Crippen LogP contribution < -0.4 is 9.47 Å². The molecular formula is C16H23NO4. The number of methoxy groups -OCH3 is 1. The topological polar surface area (TPSA) is 59.0 Å². The molecule has 1 fully saturated rings. The van der Waals surface area contributed by atoms with E-state index in [2.05, 4.69) is 11.9 Å². The van der Waals surface area contributed by atoms with E-state index in [0.717, 1.165) is 37.2 Å². The van der Waals surface area contributed by atoms with Gasteiger partial charge in [0.1, 0.15) is 6.10 Å². The quantitative estimate of drug-likeness (QED) is 0.871. The number of aliphatic carboxylic acids is 1. The summed E-state index contributed by atoms with van der Waals surface area (Å²) in [5, 5.41) is 8.82. The van der Waals surface area contributed by atoms with Crippen LogP contribution in [0.25, 0.3) is 0 Å². The Labute approximate surface area is 125 Å². The standard InChI is InChI=1S/C16H23NO4/c1-17-10-8-13(9-11-17)21-14-5-3-4-12(16(14)20-2)6-7-15(18)19/h3-5,13H,6-11H2,1-2H3,(H,18,19). The van der Waals surface area contributed by atoms with Gasteiger partial charge in [-0.3, -0.25) is 4.79 Å². The van der Waals surface area contributed by atoms with Gasteiger partial charge in [0.05, 0.1) is 7.11 Å². The second-order valence-corrected chi connectivity index (χ2v) is 5.46. The lowest BCUT2D eigenvalue weighted by atomic mass is 10.1. The van der Waals surface area contributed by atoms with Gasteiger partial charge in [0.15, 0.2) is 11.5 Å². The molecule has 5 nitrogen and oxygen atoms in total. The maximum Gasteiger partial charge on any atom is 0.303 e. The van der Waals surface area contributed by atoms with Crippen LogP contribution in [-0.4, -0.2) is 49.3 Å². The summed E-state index contributed by atoms with van der Waals surface area (Å²) >= 11 is 0. The van der Waals surface area contributed by atoms with Crippen molar-refractivity contribution < 1.29 is 19.4 Å². The highest BCUT2D eigenvalue weighted by molar-refractivity contribution is 5.67. The average Bonchev–Trinajstić information content (AvgIpc) is 2.47. The predicted octanol–water partition coefficient (Wildman–Crippen LogP) is 2.19. The number of carbonyl (C=O) groups is 1. The van der Waals surface area contributed by atoms with E-state index in [0.29, 0.717) is 12.2 Å². The number of hydrogen-bond acceptors (Lipinski definition) is 4. The summed E-state index contributed by atoms with van der Waals surface area (Å²) in [6, 6.07) is 5.68. The number of carboxylic acids is 1. The van der Waals surface area contributed by atoms with Crippen LogP contribution in [0.5, 0.6) is 11.5 Å². The fourth-order valence-corrected chi connectivity index (χ4v) is 2.61. The lowest BCUT2D eigenvalue weighted by molar-refractivity contribution is -0.136. The van der Waals surface area contributed by atoms with Crippen molar-refractivity contribution in [2.24, 2.45) is 0 Å². The molecule has 0 atom stereocenters. The zero-order valence-corrected chi connectivity index (χ0v) is 12.7. The summed E-state index contributed by atoms with van der Waals surface area (Å²) in [4.78, 5) is 13.0. The summed E-state index contributed by atoms with van der Waals surface area (Å²) in [6.45, 7) is 2.07. The summed E-state index contributed by atoms with van der Waals surface area (Å²) in [5.41, 5.74) is 0.880. The summed E-state index contributed by atoms with van der Waals surface area (Å²) < 4.78 is 11.5. The molecule has 1 aliphatic rings. The summed E-state index contributed by atoms with van der Waals surface area (Å²) in [6.07, 6.45) is 2.74. The van der Waals surface area contributed by atoms with Gasteiger partial charge in [-0.1, -0.05) is 12.1 Å². The van der Waals surface area contributed by atoms with Gasteiger partial charge >= 0.3 is 5.97 Å². The van der Waals surface area contributed by atoms with Crippen molar-refractivity contribution in [2.75, 3.05) is 27.2 Å². The van der Waals surface area contributed by atoms with E-state index in [9.17, 15) is 4.79 Å². The van der Waals surface area contributed by atoms with E-state index in [1.54, 1.807) is 7.11 Å². The fraction of sp³-hybridized carbons (Fsp3) is 0.562. The largest absolute Gasteiger partial charge is 0.493 e. The van der Waals surface area contributed by atoms with E-state index >= 15 is 0 Å². The molecule has 5 heteroatoms. The van der Waals surface area contributed by atoms with Crippen molar-refractivity contribution in [1.29, 1.82) is 0 Å². The van der Waals surface area contributed by atoms with Crippen molar-refractivity contribution in [2.45, 2.75) is 31.8 Å². The smallest absolute Gasteiger partial charge is 0.303 e. The molecule has 1 aromatic carbocycles. The molecule has 0 saturated carbocycles. The molecular weight excluding hydrogens is 270 g/mol. The second kappa shape index (κ2) is 7.31. The van der Waals surface area contributed by atoms with Crippen molar-refractivity contribution in [3.63, 3.8) is 0 Å². The molecule has 116 valence electrons. The molecule has 0 unspecified atom stereocenters. The Morgan fingerprint density at radius 3 is 2.71 bits per heavy atom. The van der Waals surface area contributed by atoms with E-state index in [4.69, 9.17) is 14.6 Å². The Bertz CT molecular complexity index is 481. The van der Waals surface area contributed by atoms with Crippen LogP contribution in [0.3, 0.4) is 0 Å². The first-order valence-electron chi connectivity index (χ1n) is 7.33. The number of rotatable bonds is 6. The number of hydrogen-bond donors (Lipinski definition) is 1. The van der Waals surface area contributed by atoms with E-state index in [-0.39, 0.29) is 12.5 Å². The van der Waals surface area contributed by atoms with Crippen LogP contribution in [0, 0.1) is 0 Å². The molecule has 0 radical (unpaired) electrons. The first-order chi connectivity index (χ1) is 10.1. The SMILES string of the molecule is COc1c(CCC(=O)O)cccc1OC1CCN(C)CC1. The Kier molecular flexibility index (Phi) is 5.44. The van der Waals surface area contributed by atoms with E-state index in [1.807, 2.05) is 18.2 Å². The predicted molar refractivity (Wildman–Crippen MR) is 80.1 cm³/mol. The van der Waals surface area contributed by atoms with Gasteiger partial charge in [0.2, 0.25) is 0 Å². The molecule has 0 aliphatic carbocycles. The van der Waals surface area contributed by atoms with Gasteiger partial charge in [-0.15, -0.1) is 0 Å². The first kappa shape index (κ1) is 15.6. The Balaban J connectivity index is 2.07. The van der Waals surface area contributed by atoms with Crippen LogP contribution in [0.4, 0.5) is 0 Å². The maximum absolute atomic E-state index is 10.7. The highest BCUT2D eigenvalue weighted by atomic mass is 16.5. The minimum absolute atomic E-state index is 0.0913. The van der Waals surface area contributed by atoms with E-state index < -0.39 is 5.97 Å². The van der Waals surface area contributed by atoms with Gasteiger partial charge in [-0.05, 0) is 37.9 Å². The zero-order chi connectivity index (χ0) is 15.2. The van der Waals surface area contributed by atoms with Crippen LogP contribution in [-0.2, 0) is 11.2 Å². The van der Waals surface area contributed by atoms with Crippen LogP contribution in [0.1, 0.15) is 24.8 Å². The first-order valence-corrected chi connectivity index (χ1v) is 7.33. The number of benzene rings is 1. The second-order valence-electron chi connectivity index (χ2n) is 5.46. The number of likely N-dealkylation sites (tertiary alicyclic amines) is 1. The molecule has 1 N–H and O–H groups in total. The summed E-state index contributed by atoms with van der Waals surface area (Å²) in [5.74, 6) is 0.575. The molecule has 0 amide bonds. The average molecular weight is 293 g/mol. The Morgan fingerprint density at radius 2 is 2.10 bits per heavy atom. The molecule has 21 heavy (non-hydrogen) atoms. The number of para-hydroxylation sites is 1. The fourth-order valence-electron chi connectivity index (χ4n) is 2.61. The minimum atomic E-state index is -0.807. The van der Waals surface area contributed by atoms with Gasteiger partial charge in [-0.2, -0.15) is 0 Å². The Hall–Kier alpha value is -1.75. The van der Waals surface area contributed by atoms with E-state index in [1.165, 1.54) is 0 Å². The van der Waals surface area contributed by atoms with Crippen LogP contribution >= 0.6 is 0 Å². The van der Waals surface area contributed by atoms with Gasteiger partial charge in [0, 0.05) is 19.5 Å².